The Hall–Kier alpha value is -2.53. The van der Waals surface area contributed by atoms with E-state index in [1.165, 1.54) is 18.2 Å². The van der Waals surface area contributed by atoms with Crippen LogP contribution in [0.2, 0.25) is 5.02 Å². The SMILES string of the molecule is CC.Cc1cnccc1Nc1nc(-c2cc(Cl)ccc2F)ncc1C. The highest BCUT2D eigenvalue weighted by Crippen LogP contribution is 2.26. The summed E-state index contributed by atoms with van der Waals surface area (Å²) in [7, 11) is 0. The molecule has 0 saturated heterocycles. The van der Waals surface area contributed by atoms with Crippen molar-refractivity contribution in [1.29, 1.82) is 0 Å². The topological polar surface area (TPSA) is 50.7 Å². The van der Waals surface area contributed by atoms with Gasteiger partial charge in [-0.3, -0.25) is 4.98 Å². The fourth-order valence-electron chi connectivity index (χ4n) is 2.11. The van der Waals surface area contributed by atoms with Crippen LogP contribution in [0.25, 0.3) is 11.4 Å². The van der Waals surface area contributed by atoms with E-state index in [2.05, 4.69) is 20.3 Å². The predicted molar refractivity (Wildman–Crippen MR) is 101 cm³/mol. The number of pyridine rings is 1. The Balaban J connectivity index is 0.00000109. The van der Waals surface area contributed by atoms with Crippen molar-refractivity contribution in [2.45, 2.75) is 27.7 Å². The molecule has 0 saturated carbocycles. The second kappa shape index (κ2) is 8.53. The van der Waals surface area contributed by atoms with E-state index < -0.39 is 5.82 Å². The van der Waals surface area contributed by atoms with Crippen LogP contribution in [-0.4, -0.2) is 15.0 Å². The maximum Gasteiger partial charge on any atom is 0.164 e. The molecule has 0 unspecified atom stereocenters. The monoisotopic (exact) mass is 358 g/mol. The molecule has 0 amide bonds. The molecule has 0 aliphatic heterocycles. The highest BCUT2D eigenvalue weighted by atomic mass is 35.5. The first-order valence-corrected chi connectivity index (χ1v) is 8.39. The average Bonchev–Trinajstić information content (AvgIpc) is 2.62. The first kappa shape index (κ1) is 18.8. The maximum atomic E-state index is 14.0. The van der Waals surface area contributed by atoms with Gasteiger partial charge in [0.1, 0.15) is 11.6 Å². The van der Waals surface area contributed by atoms with E-state index in [9.17, 15) is 4.39 Å². The molecule has 3 aromatic rings. The van der Waals surface area contributed by atoms with E-state index in [1.54, 1.807) is 18.6 Å². The first-order valence-electron chi connectivity index (χ1n) is 8.01. The quantitative estimate of drug-likeness (QED) is 0.650. The van der Waals surface area contributed by atoms with Crippen LogP contribution >= 0.6 is 11.6 Å². The van der Waals surface area contributed by atoms with Gasteiger partial charge in [0.25, 0.3) is 0 Å². The molecule has 6 heteroatoms. The number of halogens is 2. The minimum absolute atomic E-state index is 0.270. The van der Waals surface area contributed by atoms with Gasteiger partial charge in [-0.25, -0.2) is 14.4 Å². The van der Waals surface area contributed by atoms with Crippen LogP contribution in [0.3, 0.4) is 0 Å². The molecule has 0 atom stereocenters. The van der Waals surface area contributed by atoms with E-state index in [0.717, 1.165) is 16.8 Å². The number of benzene rings is 1. The Morgan fingerprint density at radius 2 is 1.80 bits per heavy atom. The first-order chi connectivity index (χ1) is 12.0. The van der Waals surface area contributed by atoms with E-state index >= 15 is 0 Å². The Bertz CT molecular complexity index is 868. The lowest BCUT2D eigenvalue weighted by Crippen LogP contribution is -2.02. The van der Waals surface area contributed by atoms with Crippen LogP contribution in [0.15, 0.2) is 42.9 Å². The fraction of sp³-hybridized carbons (Fsp3) is 0.211. The van der Waals surface area contributed by atoms with Gasteiger partial charge in [-0.05, 0) is 43.7 Å². The van der Waals surface area contributed by atoms with Crippen molar-refractivity contribution in [3.8, 4) is 11.4 Å². The van der Waals surface area contributed by atoms with Gasteiger partial charge in [0.2, 0.25) is 0 Å². The Morgan fingerprint density at radius 1 is 1.04 bits per heavy atom. The molecule has 1 N–H and O–H groups in total. The van der Waals surface area contributed by atoms with Crippen LogP contribution in [0.4, 0.5) is 15.9 Å². The number of rotatable bonds is 3. The molecule has 0 aliphatic carbocycles. The lowest BCUT2D eigenvalue weighted by molar-refractivity contribution is 0.630. The fourth-order valence-corrected chi connectivity index (χ4v) is 2.28. The molecule has 0 bridgehead atoms. The standard InChI is InChI=1S/C17H14ClFN4.C2H6/c1-10-8-20-6-5-15(10)22-16-11(2)9-21-17(23-16)13-7-12(18)3-4-14(13)19;1-2/h3-9H,1-2H3,(H,20,21,22,23);1-2H3. The third kappa shape index (κ3) is 4.51. The third-order valence-electron chi connectivity index (χ3n) is 3.41. The van der Waals surface area contributed by atoms with Gasteiger partial charge in [-0.15, -0.1) is 0 Å². The summed E-state index contributed by atoms with van der Waals surface area (Å²) >= 11 is 5.94. The zero-order chi connectivity index (χ0) is 18.4. The third-order valence-corrected chi connectivity index (χ3v) is 3.65. The lowest BCUT2D eigenvalue weighted by atomic mass is 10.2. The molecule has 0 aliphatic rings. The molecular weight excluding hydrogens is 339 g/mol. The molecule has 4 nitrogen and oxygen atoms in total. The molecule has 0 fully saturated rings. The van der Waals surface area contributed by atoms with Gasteiger partial charge < -0.3 is 5.32 Å². The minimum Gasteiger partial charge on any atom is -0.340 e. The van der Waals surface area contributed by atoms with Crippen molar-refractivity contribution < 1.29 is 4.39 Å². The summed E-state index contributed by atoms with van der Waals surface area (Å²) in [4.78, 5) is 12.7. The van der Waals surface area contributed by atoms with Crippen molar-refractivity contribution in [1.82, 2.24) is 15.0 Å². The molecule has 1 aromatic carbocycles. The Labute approximate surface area is 152 Å². The van der Waals surface area contributed by atoms with Crippen LogP contribution in [0.5, 0.6) is 0 Å². The molecular formula is C19H20ClFN4. The molecule has 2 aromatic heterocycles. The highest BCUT2D eigenvalue weighted by Gasteiger charge is 2.12. The number of anilines is 2. The Kier molecular flexibility index (Phi) is 6.42. The lowest BCUT2D eigenvalue weighted by Gasteiger charge is -2.12. The number of hydrogen-bond acceptors (Lipinski definition) is 4. The number of hydrogen-bond donors (Lipinski definition) is 1. The zero-order valence-corrected chi connectivity index (χ0v) is 15.4. The summed E-state index contributed by atoms with van der Waals surface area (Å²) in [5.41, 5.74) is 3.00. The molecule has 0 radical (unpaired) electrons. The maximum absolute atomic E-state index is 14.0. The van der Waals surface area contributed by atoms with E-state index in [1.807, 2.05) is 33.8 Å². The molecule has 0 spiro atoms. The molecule has 25 heavy (non-hydrogen) atoms. The van der Waals surface area contributed by atoms with E-state index in [4.69, 9.17) is 11.6 Å². The number of aryl methyl sites for hydroxylation is 2. The van der Waals surface area contributed by atoms with E-state index in [-0.39, 0.29) is 11.4 Å². The number of aromatic nitrogens is 3. The summed E-state index contributed by atoms with van der Waals surface area (Å²) < 4.78 is 14.0. The van der Waals surface area contributed by atoms with Crippen LogP contribution < -0.4 is 5.32 Å². The van der Waals surface area contributed by atoms with Gasteiger partial charge in [-0.1, -0.05) is 25.4 Å². The predicted octanol–water partition coefficient (Wildman–Crippen LogP) is 5.72. The smallest absolute Gasteiger partial charge is 0.164 e. The number of nitrogens with zero attached hydrogens (tertiary/aromatic N) is 3. The van der Waals surface area contributed by atoms with Gasteiger partial charge in [0, 0.05) is 34.9 Å². The Morgan fingerprint density at radius 3 is 2.52 bits per heavy atom. The van der Waals surface area contributed by atoms with Crippen molar-refractivity contribution >= 4 is 23.1 Å². The number of nitrogens with one attached hydrogen (secondary N) is 1. The van der Waals surface area contributed by atoms with Crippen molar-refractivity contribution in [3.63, 3.8) is 0 Å². The zero-order valence-electron chi connectivity index (χ0n) is 14.6. The summed E-state index contributed by atoms with van der Waals surface area (Å²) in [6.07, 6.45) is 5.11. The largest absolute Gasteiger partial charge is 0.340 e. The second-order valence-corrected chi connectivity index (χ2v) is 5.60. The van der Waals surface area contributed by atoms with Gasteiger partial charge >= 0.3 is 0 Å². The summed E-state index contributed by atoms with van der Waals surface area (Å²) in [5, 5.41) is 3.67. The normalized spacial score (nSPS) is 10.0. The molecule has 130 valence electrons. The van der Waals surface area contributed by atoms with Crippen molar-refractivity contribution in [3.05, 3.63) is 64.8 Å². The van der Waals surface area contributed by atoms with E-state index in [0.29, 0.717) is 10.8 Å². The second-order valence-electron chi connectivity index (χ2n) is 5.16. The van der Waals surface area contributed by atoms with Gasteiger partial charge in [-0.2, -0.15) is 0 Å². The van der Waals surface area contributed by atoms with Crippen LogP contribution in [-0.2, 0) is 0 Å². The summed E-state index contributed by atoms with van der Waals surface area (Å²) in [5.74, 6) is 0.484. The summed E-state index contributed by atoms with van der Waals surface area (Å²) in [6, 6.07) is 6.18. The highest BCUT2D eigenvalue weighted by molar-refractivity contribution is 6.30. The van der Waals surface area contributed by atoms with Crippen molar-refractivity contribution in [2.24, 2.45) is 0 Å². The van der Waals surface area contributed by atoms with Crippen LogP contribution in [0.1, 0.15) is 25.0 Å². The minimum atomic E-state index is -0.413. The van der Waals surface area contributed by atoms with Crippen molar-refractivity contribution in [2.75, 3.05) is 5.32 Å². The van der Waals surface area contributed by atoms with Crippen LogP contribution in [0, 0.1) is 19.7 Å². The summed E-state index contributed by atoms with van der Waals surface area (Å²) in [6.45, 7) is 7.83. The molecule has 3 rings (SSSR count). The molecule has 2 heterocycles. The van der Waals surface area contributed by atoms with Gasteiger partial charge in [0.05, 0.1) is 5.56 Å². The average molecular weight is 359 g/mol. The van der Waals surface area contributed by atoms with Gasteiger partial charge in [0.15, 0.2) is 5.82 Å².